The van der Waals surface area contributed by atoms with Gasteiger partial charge in [0.05, 0.1) is 0 Å². The molecule has 0 heterocycles. The number of amides is 2. The summed E-state index contributed by atoms with van der Waals surface area (Å²) in [6, 6.07) is 19.3. The van der Waals surface area contributed by atoms with Gasteiger partial charge in [-0.2, -0.15) is 0 Å². The first-order valence-corrected chi connectivity index (χ1v) is 8.66. The van der Waals surface area contributed by atoms with Crippen LogP contribution in [0, 0.1) is 6.92 Å². The summed E-state index contributed by atoms with van der Waals surface area (Å²) < 4.78 is 0. The van der Waals surface area contributed by atoms with E-state index in [0.717, 1.165) is 21.9 Å². The van der Waals surface area contributed by atoms with Crippen LogP contribution in [0.5, 0.6) is 0 Å². The Hall–Kier alpha value is -3.14. The van der Waals surface area contributed by atoms with Gasteiger partial charge in [-0.05, 0) is 46.9 Å². The third-order valence-electron chi connectivity index (χ3n) is 4.38. The van der Waals surface area contributed by atoms with Gasteiger partial charge in [-0.15, -0.1) is 0 Å². The largest absolute Gasteiger partial charge is 0.318 e. The first-order chi connectivity index (χ1) is 12.5. The molecule has 3 rings (SSSR count). The number of benzene rings is 3. The first kappa shape index (κ1) is 17.7. The molecular formula is C22H22N2O2. The van der Waals surface area contributed by atoms with E-state index in [1.807, 2.05) is 61.5 Å². The number of carbonyl (C=O) groups is 2. The second-order valence-corrected chi connectivity index (χ2v) is 6.66. The highest BCUT2D eigenvalue weighted by Crippen LogP contribution is 2.27. The molecule has 0 saturated carbocycles. The van der Waals surface area contributed by atoms with Crippen LogP contribution in [0.4, 0.5) is 11.4 Å². The lowest BCUT2D eigenvalue weighted by atomic mass is 9.98. The van der Waals surface area contributed by atoms with Gasteiger partial charge in [0.1, 0.15) is 0 Å². The van der Waals surface area contributed by atoms with Crippen molar-refractivity contribution in [2.45, 2.75) is 26.7 Å². The number of nitrogens with one attached hydrogen (secondary N) is 2. The van der Waals surface area contributed by atoms with Crippen LogP contribution < -0.4 is 10.6 Å². The average molecular weight is 346 g/mol. The molecule has 4 heteroatoms. The number of carbonyl (C=O) groups excluding carboxylic acids is 2. The number of hydrogen-bond donors (Lipinski definition) is 2. The van der Waals surface area contributed by atoms with Crippen molar-refractivity contribution in [1.82, 2.24) is 0 Å². The number of para-hydroxylation sites is 1. The van der Waals surface area contributed by atoms with Gasteiger partial charge in [0.15, 0.2) is 0 Å². The summed E-state index contributed by atoms with van der Waals surface area (Å²) in [5.74, 6) is -1.11. The molecule has 0 spiro atoms. The molecule has 0 aliphatic carbocycles. The van der Waals surface area contributed by atoms with E-state index >= 15 is 0 Å². The molecule has 0 unspecified atom stereocenters. The normalized spacial score (nSPS) is 10.8. The molecule has 0 radical (unpaired) electrons. The summed E-state index contributed by atoms with van der Waals surface area (Å²) in [5, 5.41) is 7.52. The molecular weight excluding hydrogens is 324 g/mol. The zero-order valence-corrected chi connectivity index (χ0v) is 15.2. The highest BCUT2D eigenvalue weighted by atomic mass is 16.2. The molecule has 2 amide bonds. The molecule has 0 aliphatic rings. The van der Waals surface area contributed by atoms with E-state index in [1.54, 1.807) is 6.07 Å². The standard InChI is InChI=1S/C22H22N2O2/c1-14(2)19-10-6-7-15(3)20(19)24-22(26)21(25)23-18-12-11-16-8-4-5-9-17(16)13-18/h4-14H,1-3H3,(H,23,25)(H,24,26). The van der Waals surface area contributed by atoms with Crippen molar-refractivity contribution in [3.8, 4) is 0 Å². The number of fused-ring (bicyclic) bond motifs is 1. The van der Waals surface area contributed by atoms with Crippen molar-refractivity contribution in [2.75, 3.05) is 10.6 Å². The molecule has 0 atom stereocenters. The number of rotatable bonds is 3. The summed E-state index contributed by atoms with van der Waals surface area (Å²) in [7, 11) is 0. The van der Waals surface area contributed by atoms with E-state index in [0.29, 0.717) is 11.4 Å². The van der Waals surface area contributed by atoms with E-state index in [1.165, 1.54) is 0 Å². The number of hydrogen-bond acceptors (Lipinski definition) is 2. The van der Waals surface area contributed by atoms with Crippen LogP contribution in [0.25, 0.3) is 10.8 Å². The second kappa shape index (κ2) is 7.40. The summed E-state index contributed by atoms with van der Waals surface area (Å²) in [6.07, 6.45) is 0. The molecule has 0 saturated heterocycles. The molecule has 132 valence electrons. The summed E-state index contributed by atoms with van der Waals surface area (Å²) in [5.41, 5.74) is 3.25. The third-order valence-corrected chi connectivity index (χ3v) is 4.38. The molecule has 2 N–H and O–H groups in total. The monoisotopic (exact) mass is 346 g/mol. The van der Waals surface area contributed by atoms with Gasteiger partial charge < -0.3 is 10.6 Å². The van der Waals surface area contributed by atoms with Crippen molar-refractivity contribution in [3.63, 3.8) is 0 Å². The van der Waals surface area contributed by atoms with Crippen molar-refractivity contribution < 1.29 is 9.59 Å². The van der Waals surface area contributed by atoms with Crippen LogP contribution >= 0.6 is 0 Å². The summed E-state index contributed by atoms with van der Waals surface area (Å²) in [6.45, 7) is 6.03. The fourth-order valence-electron chi connectivity index (χ4n) is 2.97. The lowest BCUT2D eigenvalue weighted by Crippen LogP contribution is -2.29. The van der Waals surface area contributed by atoms with Gasteiger partial charge in [-0.3, -0.25) is 9.59 Å². The molecule has 3 aromatic carbocycles. The van der Waals surface area contributed by atoms with Crippen molar-refractivity contribution >= 4 is 34.0 Å². The predicted molar refractivity (Wildman–Crippen MR) is 106 cm³/mol. The highest BCUT2D eigenvalue weighted by molar-refractivity contribution is 6.43. The zero-order chi connectivity index (χ0) is 18.7. The van der Waals surface area contributed by atoms with Crippen LogP contribution in [-0.2, 0) is 9.59 Å². The van der Waals surface area contributed by atoms with Crippen molar-refractivity contribution in [3.05, 3.63) is 71.8 Å². The summed E-state index contributed by atoms with van der Waals surface area (Å²) in [4.78, 5) is 24.7. The van der Waals surface area contributed by atoms with E-state index in [2.05, 4.69) is 24.5 Å². The molecule has 0 bridgehead atoms. The Morgan fingerprint density at radius 1 is 0.808 bits per heavy atom. The van der Waals surface area contributed by atoms with Crippen LogP contribution in [-0.4, -0.2) is 11.8 Å². The first-order valence-electron chi connectivity index (χ1n) is 8.66. The van der Waals surface area contributed by atoms with Gasteiger partial charge in [0.2, 0.25) is 0 Å². The van der Waals surface area contributed by atoms with E-state index in [-0.39, 0.29) is 5.92 Å². The van der Waals surface area contributed by atoms with Crippen LogP contribution in [0.15, 0.2) is 60.7 Å². The minimum absolute atomic E-state index is 0.244. The Bertz CT molecular complexity index is 977. The minimum Gasteiger partial charge on any atom is -0.318 e. The smallest absolute Gasteiger partial charge is 0.314 e. The van der Waals surface area contributed by atoms with E-state index < -0.39 is 11.8 Å². The molecule has 3 aromatic rings. The average Bonchev–Trinajstić information content (AvgIpc) is 2.63. The predicted octanol–water partition coefficient (Wildman–Crippen LogP) is 4.85. The summed E-state index contributed by atoms with van der Waals surface area (Å²) >= 11 is 0. The van der Waals surface area contributed by atoms with Gasteiger partial charge in [0, 0.05) is 11.4 Å². The van der Waals surface area contributed by atoms with Crippen LogP contribution in [0.3, 0.4) is 0 Å². The second-order valence-electron chi connectivity index (χ2n) is 6.66. The maximum Gasteiger partial charge on any atom is 0.314 e. The Labute approximate surface area is 153 Å². The maximum absolute atomic E-state index is 12.4. The Morgan fingerprint density at radius 3 is 2.23 bits per heavy atom. The fourth-order valence-corrected chi connectivity index (χ4v) is 2.97. The Balaban J connectivity index is 1.77. The van der Waals surface area contributed by atoms with Crippen LogP contribution in [0.2, 0.25) is 0 Å². The van der Waals surface area contributed by atoms with Gasteiger partial charge in [-0.25, -0.2) is 0 Å². The van der Waals surface area contributed by atoms with E-state index in [4.69, 9.17) is 0 Å². The topological polar surface area (TPSA) is 58.2 Å². The van der Waals surface area contributed by atoms with Crippen molar-refractivity contribution in [2.24, 2.45) is 0 Å². The maximum atomic E-state index is 12.4. The van der Waals surface area contributed by atoms with Crippen molar-refractivity contribution in [1.29, 1.82) is 0 Å². The molecule has 0 aliphatic heterocycles. The third kappa shape index (κ3) is 3.75. The minimum atomic E-state index is -0.682. The van der Waals surface area contributed by atoms with Crippen LogP contribution in [0.1, 0.15) is 30.9 Å². The molecule has 0 aromatic heterocycles. The molecule has 26 heavy (non-hydrogen) atoms. The van der Waals surface area contributed by atoms with E-state index in [9.17, 15) is 9.59 Å². The number of anilines is 2. The van der Waals surface area contributed by atoms with Gasteiger partial charge >= 0.3 is 11.8 Å². The lowest BCUT2D eigenvalue weighted by molar-refractivity contribution is -0.133. The molecule has 4 nitrogen and oxygen atoms in total. The molecule has 0 fully saturated rings. The highest BCUT2D eigenvalue weighted by Gasteiger charge is 2.18. The SMILES string of the molecule is Cc1cccc(C(C)C)c1NC(=O)C(=O)Nc1ccc2ccccc2c1. The quantitative estimate of drug-likeness (QED) is 0.666. The Morgan fingerprint density at radius 2 is 1.50 bits per heavy atom. The zero-order valence-electron chi connectivity index (χ0n) is 15.2. The lowest BCUT2D eigenvalue weighted by Gasteiger charge is -2.16. The fraction of sp³-hybridized carbons (Fsp3) is 0.182. The van der Waals surface area contributed by atoms with Gasteiger partial charge in [0.25, 0.3) is 0 Å². The van der Waals surface area contributed by atoms with Gasteiger partial charge in [-0.1, -0.05) is 62.4 Å². The Kier molecular flexibility index (Phi) is 5.03. The number of aryl methyl sites for hydroxylation is 1.